The molecule has 0 unspecified atom stereocenters. The topological polar surface area (TPSA) is 32.8 Å². The second-order valence-electron chi connectivity index (χ2n) is 7.18. The number of likely N-dealkylation sites (N-methyl/N-ethyl adjacent to an activating group) is 1. The Kier molecular flexibility index (Phi) is 3.80. The first kappa shape index (κ1) is 14.3. The van der Waals surface area contributed by atoms with Crippen LogP contribution < -0.4 is 0 Å². The highest BCUT2D eigenvalue weighted by Gasteiger charge is 2.53. The van der Waals surface area contributed by atoms with Gasteiger partial charge >= 0.3 is 0 Å². The highest BCUT2D eigenvalue weighted by molar-refractivity contribution is 5.82. The van der Waals surface area contributed by atoms with Gasteiger partial charge in [0, 0.05) is 32.2 Å². The third-order valence-corrected chi connectivity index (χ3v) is 5.62. The second-order valence-corrected chi connectivity index (χ2v) is 7.18. The van der Waals surface area contributed by atoms with Crippen molar-refractivity contribution in [3.05, 3.63) is 0 Å². The number of hydrogen-bond acceptors (Lipinski definition) is 3. The molecule has 1 saturated carbocycles. The number of carbonyl (C=O) groups is 1. The van der Waals surface area contributed by atoms with Gasteiger partial charge < -0.3 is 9.64 Å². The maximum absolute atomic E-state index is 12.3. The van der Waals surface area contributed by atoms with E-state index in [1.54, 1.807) is 0 Å². The first-order valence-electron chi connectivity index (χ1n) is 8.13. The molecule has 4 nitrogen and oxygen atoms in total. The summed E-state index contributed by atoms with van der Waals surface area (Å²) in [5.41, 5.74) is 0.244. The average Bonchev–Trinajstić information content (AvgIpc) is 3.12. The van der Waals surface area contributed by atoms with Crippen molar-refractivity contribution < 1.29 is 9.53 Å². The predicted octanol–water partition coefficient (Wildman–Crippen LogP) is 1.60. The maximum atomic E-state index is 12.3. The summed E-state index contributed by atoms with van der Waals surface area (Å²) >= 11 is 0. The number of nitrogens with zero attached hydrogens (tertiary/aromatic N) is 2. The van der Waals surface area contributed by atoms with E-state index in [-0.39, 0.29) is 5.54 Å². The van der Waals surface area contributed by atoms with Gasteiger partial charge in [-0.15, -0.1) is 0 Å². The van der Waals surface area contributed by atoms with Crippen molar-refractivity contribution in [2.75, 3.05) is 39.9 Å². The molecule has 1 amide bonds. The Labute approximate surface area is 122 Å². The minimum atomic E-state index is 0.244. The van der Waals surface area contributed by atoms with Gasteiger partial charge in [0.25, 0.3) is 0 Å². The first-order chi connectivity index (χ1) is 9.55. The Morgan fingerprint density at radius 1 is 1.40 bits per heavy atom. The lowest BCUT2D eigenvalue weighted by Gasteiger charge is -2.58. The van der Waals surface area contributed by atoms with Gasteiger partial charge in [-0.25, -0.2) is 0 Å². The van der Waals surface area contributed by atoms with Crippen LogP contribution in [-0.2, 0) is 9.53 Å². The minimum Gasteiger partial charge on any atom is -0.381 e. The summed E-state index contributed by atoms with van der Waals surface area (Å²) < 4.78 is 5.61. The lowest BCUT2D eigenvalue weighted by Crippen LogP contribution is -2.72. The van der Waals surface area contributed by atoms with Crippen LogP contribution in [0.1, 0.15) is 33.1 Å². The van der Waals surface area contributed by atoms with E-state index < -0.39 is 0 Å². The van der Waals surface area contributed by atoms with E-state index >= 15 is 0 Å². The standard InChI is InChI=1S/C16H28N2O2/c1-4-20-9-13-5-6-17(3)16(8-13)10-18(11-16)15(19)14-7-12(14)2/h12-14H,4-11H2,1-3H3/t12-,13+,14+/m0/s1. The van der Waals surface area contributed by atoms with E-state index in [2.05, 4.69) is 30.7 Å². The summed E-state index contributed by atoms with van der Waals surface area (Å²) in [6.07, 6.45) is 3.52. The lowest BCUT2D eigenvalue weighted by atomic mass is 9.75. The molecule has 0 aromatic carbocycles. The SMILES string of the molecule is CCOC[C@@H]1CCN(C)C2(C1)CN(C(=O)[C@@H]1C[C@@H]1C)C2. The smallest absolute Gasteiger partial charge is 0.226 e. The van der Waals surface area contributed by atoms with Crippen LogP contribution in [0.5, 0.6) is 0 Å². The molecule has 0 aromatic rings. The highest BCUT2D eigenvalue weighted by Crippen LogP contribution is 2.44. The number of rotatable bonds is 4. The molecule has 4 heteroatoms. The molecule has 3 fully saturated rings. The molecule has 3 rings (SSSR count). The number of hydrogen-bond donors (Lipinski definition) is 0. The molecule has 3 aliphatic rings. The summed E-state index contributed by atoms with van der Waals surface area (Å²) in [4.78, 5) is 16.8. The van der Waals surface area contributed by atoms with Crippen LogP contribution in [0.25, 0.3) is 0 Å². The van der Waals surface area contributed by atoms with Crippen molar-refractivity contribution in [3.8, 4) is 0 Å². The molecule has 2 saturated heterocycles. The number of likely N-dealkylation sites (tertiary alicyclic amines) is 2. The van der Waals surface area contributed by atoms with Gasteiger partial charge in [0.1, 0.15) is 0 Å². The molecule has 2 heterocycles. The van der Waals surface area contributed by atoms with Gasteiger partial charge in [0.05, 0.1) is 5.54 Å². The van der Waals surface area contributed by atoms with Crippen molar-refractivity contribution in [1.82, 2.24) is 9.80 Å². The molecule has 20 heavy (non-hydrogen) atoms. The largest absolute Gasteiger partial charge is 0.381 e. The van der Waals surface area contributed by atoms with Gasteiger partial charge in [0.15, 0.2) is 0 Å². The lowest BCUT2D eigenvalue weighted by molar-refractivity contribution is -0.152. The fourth-order valence-corrected chi connectivity index (χ4v) is 3.93. The van der Waals surface area contributed by atoms with Crippen LogP contribution in [0.2, 0.25) is 0 Å². The Balaban J connectivity index is 1.54. The van der Waals surface area contributed by atoms with E-state index in [9.17, 15) is 4.79 Å². The molecule has 0 aromatic heterocycles. The molecule has 114 valence electrons. The zero-order valence-corrected chi connectivity index (χ0v) is 13.1. The summed E-state index contributed by atoms with van der Waals surface area (Å²) in [6.45, 7) is 8.96. The van der Waals surface area contributed by atoms with E-state index in [4.69, 9.17) is 4.74 Å². The third-order valence-electron chi connectivity index (χ3n) is 5.62. The summed E-state index contributed by atoms with van der Waals surface area (Å²) in [5.74, 6) is 2.03. The zero-order chi connectivity index (χ0) is 14.3. The molecular formula is C16H28N2O2. The van der Waals surface area contributed by atoms with Crippen molar-refractivity contribution in [3.63, 3.8) is 0 Å². The number of ether oxygens (including phenoxy) is 1. The van der Waals surface area contributed by atoms with Crippen molar-refractivity contribution in [2.24, 2.45) is 17.8 Å². The zero-order valence-electron chi connectivity index (χ0n) is 13.1. The Bertz CT molecular complexity index is 377. The van der Waals surface area contributed by atoms with Crippen LogP contribution in [0.15, 0.2) is 0 Å². The van der Waals surface area contributed by atoms with E-state index in [1.165, 1.54) is 12.8 Å². The van der Waals surface area contributed by atoms with Gasteiger partial charge in [0.2, 0.25) is 5.91 Å². The van der Waals surface area contributed by atoms with Gasteiger partial charge in [-0.2, -0.15) is 0 Å². The van der Waals surface area contributed by atoms with Crippen LogP contribution in [0, 0.1) is 17.8 Å². The molecule has 0 bridgehead atoms. The fraction of sp³-hybridized carbons (Fsp3) is 0.938. The summed E-state index contributed by atoms with van der Waals surface area (Å²) in [7, 11) is 2.22. The predicted molar refractivity (Wildman–Crippen MR) is 78.4 cm³/mol. The van der Waals surface area contributed by atoms with Crippen molar-refractivity contribution >= 4 is 5.91 Å². The van der Waals surface area contributed by atoms with Crippen LogP contribution in [0.3, 0.4) is 0 Å². The molecule has 3 atom stereocenters. The van der Waals surface area contributed by atoms with E-state index in [0.29, 0.717) is 23.7 Å². The quantitative estimate of drug-likeness (QED) is 0.784. The fourth-order valence-electron chi connectivity index (χ4n) is 3.93. The molecule has 0 radical (unpaired) electrons. The van der Waals surface area contributed by atoms with E-state index in [0.717, 1.165) is 39.3 Å². The monoisotopic (exact) mass is 280 g/mol. The van der Waals surface area contributed by atoms with Gasteiger partial charge in [-0.1, -0.05) is 6.92 Å². The summed E-state index contributed by atoms with van der Waals surface area (Å²) in [6, 6.07) is 0. The Hall–Kier alpha value is -0.610. The minimum absolute atomic E-state index is 0.244. The van der Waals surface area contributed by atoms with Crippen LogP contribution in [0.4, 0.5) is 0 Å². The number of carbonyl (C=O) groups excluding carboxylic acids is 1. The molecular weight excluding hydrogens is 252 g/mol. The van der Waals surface area contributed by atoms with E-state index in [1.807, 2.05) is 0 Å². The maximum Gasteiger partial charge on any atom is 0.226 e. The second kappa shape index (κ2) is 5.30. The molecule has 1 aliphatic carbocycles. The average molecular weight is 280 g/mol. The normalized spacial score (nSPS) is 36.0. The van der Waals surface area contributed by atoms with Crippen molar-refractivity contribution in [1.29, 1.82) is 0 Å². The van der Waals surface area contributed by atoms with Gasteiger partial charge in [-0.3, -0.25) is 9.69 Å². The number of amides is 1. The molecule has 0 N–H and O–H groups in total. The summed E-state index contributed by atoms with van der Waals surface area (Å²) in [5, 5.41) is 0. The Morgan fingerprint density at radius 2 is 2.10 bits per heavy atom. The number of piperidine rings is 1. The van der Waals surface area contributed by atoms with Crippen LogP contribution in [-0.4, -0.2) is 61.1 Å². The van der Waals surface area contributed by atoms with Crippen LogP contribution >= 0.6 is 0 Å². The Morgan fingerprint density at radius 3 is 2.70 bits per heavy atom. The van der Waals surface area contributed by atoms with Crippen molar-refractivity contribution in [2.45, 2.75) is 38.6 Å². The first-order valence-corrected chi connectivity index (χ1v) is 8.13. The van der Waals surface area contributed by atoms with Gasteiger partial charge in [-0.05, 0) is 51.6 Å². The molecule has 1 spiro atoms. The highest BCUT2D eigenvalue weighted by atomic mass is 16.5. The third kappa shape index (κ3) is 2.48. The molecule has 2 aliphatic heterocycles.